The number of hydrogen-bond acceptors (Lipinski definition) is 4. The van der Waals surface area contributed by atoms with E-state index in [2.05, 4.69) is 10.1 Å². The van der Waals surface area contributed by atoms with E-state index in [4.69, 9.17) is 5.26 Å². The van der Waals surface area contributed by atoms with Crippen LogP contribution in [0.1, 0.15) is 5.56 Å². The Kier molecular flexibility index (Phi) is 3.53. The smallest absolute Gasteiger partial charge is 0.184 e. The van der Waals surface area contributed by atoms with Crippen LogP contribution in [0, 0.1) is 24.2 Å². The molecule has 0 radical (unpaired) electrons. The minimum absolute atomic E-state index is 0.289. The van der Waals surface area contributed by atoms with Gasteiger partial charge in [-0.25, -0.2) is 9.37 Å². The Morgan fingerprint density at radius 1 is 1.50 bits per heavy atom. The van der Waals surface area contributed by atoms with Gasteiger partial charge in [-0.05, 0) is 24.6 Å². The first kappa shape index (κ1) is 12.0. The van der Waals surface area contributed by atoms with Crippen LogP contribution in [0.5, 0.6) is 0 Å². The van der Waals surface area contributed by atoms with Gasteiger partial charge in [-0.1, -0.05) is 6.07 Å². The summed E-state index contributed by atoms with van der Waals surface area (Å²) in [4.78, 5) is 5.12. The van der Waals surface area contributed by atoms with Gasteiger partial charge in [0.2, 0.25) is 0 Å². The molecule has 0 aliphatic carbocycles. The molecule has 0 saturated carbocycles. The zero-order valence-corrected chi connectivity index (χ0v) is 9.91. The van der Waals surface area contributed by atoms with Crippen molar-refractivity contribution >= 4 is 5.69 Å². The molecule has 0 bridgehead atoms. The summed E-state index contributed by atoms with van der Waals surface area (Å²) in [6.07, 6.45) is 4.96. The summed E-state index contributed by atoms with van der Waals surface area (Å²) in [6, 6.07) is 4.69. The van der Waals surface area contributed by atoms with Crippen LogP contribution in [0.4, 0.5) is 10.1 Å². The first-order chi connectivity index (χ1) is 8.70. The Bertz CT molecular complexity index is 558. The molecule has 0 unspecified atom stereocenters. The number of hydrogen-bond donors (Lipinski definition) is 0. The second-order valence-corrected chi connectivity index (χ2v) is 3.87. The standard InChI is InChI=1S/C12H12FN5/c1-10-2-3-11(13)12(6-10)17(7-14)4-5-18-9-15-8-16-18/h2-3,6,8-9H,4-5H2,1H3. The Balaban J connectivity index is 2.13. The molecule has 0 amide bonds. The van der Waals surface area contributed by atoms with Crippen LogP contribution in [0.2, 0.25) is 0 Å². The van der Waals surface area contributed by atoms with E-state index in [1.54, 1.807) is 23.1 Å². The SMILES string of the molecule is Cc1ccc(F)c(N(C#N)CCn2cncn2)c1. The van der Waals surface area contributed by atoms with Gasteiger partial charge >= 0.3 is 0 Å². The second-order valence-electron chi connectivity index (χ2n) is 3.87. The number of anilines is 1. The van der Waals surface area contributed by atoms with Gasteiger partial charge in [-0.2, -0.15) is 10.4 Å². The number of aromatic nitrogens is 3. The van der Waals surface area contributed by atoms with E-state index in [0.29, 0.717) is 13.1 Å². The van der Waals surface area contributed by atoms with Crippen molar-refractivity contribution in [3.8, 4) is 6.19 Å². The second kappa shape index (κ2) is 5.27. The predicted molar refractivity (Wildman–Crippen MR) is 64.1 cm³/mol. The molecule has 1 heterocycles. The fraction of sp³-hybridized carbons (Fsp3) is 0.250. The maximum Gasteiger partial charge on any atom is 0.184 e. The summed E-state index contributed by atoms with van der Waals surface area (Å²) in [5, 5.41) is 13.0. The molecule has 18 heavy (non-hydrogen) atoms. The molecule has 92 valence electrons. The van der Waals surface area contributed by atoms with Gasteiger partial charge in [0.25, 0.3) is 0 Å². The third-order valence-electron chi connectivity index (χ3n) is 2.53. The minimum Gasteiger partial charge on any atom is -0.275 e. The third kappa shape index (κ3) is 2.63. The summed E-state index contributed by atoms with van der Waals surface area (Å²) in [5.74, 6) is -0.402. The fourth-order valence-corrected chi connectivity index (χ4v) is 1.60. The summed E-state index contributed by atoms with van der Waals surface area (Å²) < 4.78 is 15.2. The van der Waals surface area contributed by atoms with E-state index in [1.165, 1.54) is 17.3 Å². The van der Waals surface area contributed by atoms with E-state index >= 15 is 0 Å². The number of nitrogens with zero attached hydrogens (tertiary/aromatic N) is 5. The van der Waals surface area contributed by atoms with Gasteiger partial charge in [0, 0.05) is 0 Å². The molecule has 0 N–H and O–H groups in total. The van der Waals surface area contributed by atoms with Gasteiger partial charge in [0.15, 0.2) is 6.19 Å². The van der Waals surface area contributed by atoms with Crippen LogP contribution in [0.15, 0.2) is 30.9 Å². The predicted octanol–water partition coefficient (Wildman–Crippen LogP) is 1.71. The van der Waals surface area contributed by atoms with E-state index in [9.17, 15) is 4.39 Å². The van der Waals surface area contributed by atoms with Gasteiger partial charge in [-0.15, -0.1) is 0 Å². The minimum atomic E-state index is -0.402. The molecular formula is C12H12FN5. The first-order valence-corrected chi connectivity index (χ1v) is 5.46. The fourth-order valence-electron chi connectivity index (χ4n) is 1.60. The highest BCUT2D eigenvalue weighted by Gasteiger charge is 2.11. The molecule has 1 aromatic carbocycles. The quantitative estimate of drug-likeness (QED) is 0.608. The van der Waals surface area contributed by atoms with Crippen molar-refractivity contribution in [2.75, 3.05) is 11.4 Å². The van der Waals surface area contributed by atoms with Crippen molar-refractivity contribution in [3.63, 3.8) is 0 Å². The monoisotopic (exact) mass is 245 g/mol. The molecule has 0 aliphatic heterocycles. The zero-order chi connectivity index (χ0) is 13.0. The normalized spacial score (nSPS) is 10.1. The Morgan fingerprint density at radius 2 is 2.33 bits per heavy atom. The summed E-state index contributed by atoms with van der Waals surface area (Å²) in [6.45, 7) is 2.68. The van der Waals surface area contributed by atoms with Crippen molar-refractivity contribution in [2.24, 2.45) is 0 Å². The van der Waals surface area contributed by atoms with E-state index < -0.39 is 5.82 Å². The Morgan fingerprint density at radius 3 is 3.00 bits per heavy atom. The number of halogens is 1. The molecule has 0 spiro atoms. The third-order valence-corrected chi connectivity index (χ3v) is 2.53. The highest BCUT2D eigenvalue weighted by atomic mass is 19.1. The molecule has 5 nitrogen and oxygen atoms in total. The van der Waals surface area contributed by atoms with Crippen molar-refractivity contribution in [3.05, 3.63) is 42.2 Å². The van der Waals surface area contributed by atoms with Gasteiger partial charge in [0.1, 0.15) is 18.5 Å². The van der Waals surface area contributed by atoms with Crippen LogP contribution in [0.25, 0.3) is 0 Å². The van der Waals surface area contributed by atoms with Crippen LogP contribution in [-0.4, -0.2) is 21.3 Å². The van der Waals surface area contributed by atoms with Crippen LogP contribution >= 0.6 is 0 Å². The number of nitriles is 1. The van der Waals surface area contributed by atoms with E-state index in [0.717, 1.165) is 5.56 Å². The Labute approximate surface area is 104 Å². The zero-order valence-electron chi connectivity index (χ0n) is 9.91. The molecule has 1 aromatic heterocycles. The molecule has 0 atom stereocenters. The van der Waals surface area contributed by atoms with Crippen LogP contribution < -0.4 is 4.90 Å². The maximum absolute atomic E-state index is 13.6. The largest absolute Gasteiger partial charge is 0.275 e. The summed E-state index contributed by atoms with van der Waals surface area (Å²) in [5.41, 5.74) is 1.20. The summed E-state index contributed by atoms with van der Waals surface area (Å²) >= 11 is 0. The van der Waals surface area contributed by atoms with Gasteiger partial charge in [0.05, 0.1) is 18.8 Å². The topological polar surface area (TPSA) is 57.7 Å². The van der Waals surface area contributed by atoms with E-state index in [-0.39, 0.29) is 5.69 Å². The molecule has 0 fully saturated rings. The summed E-state index contributed by atoms with van der Waals surface area (Å²) in [7, 11) is 0. The van der Waals surface area contributed by atoms with Crippen LogP contribution in [0.3, 0.4) is 0 Å². The first-order valence-electron chi connectivity index (χ1n) is 5.46. The maximum atomic E-state index is 13.6. The lowest BCUT2D eigenvalue weighted by molar-refractivity contribution is 0.599. The van der Waals surface area contributed by atoms with E-state index in [1.807, 2.05) is 13.1 Å². The average Bonchev–Trinajstić information content (AvgIpc) is 2.87. The van der Waals surface area contributed by atoms with Crippen molar-refractivity contribution in [1.82, 2.24) is 14.8 Å². The van der Waals surface area contributed by atoms with Crippen molar-refractivity contribution < 1.29 is 4.39 Å². The van der Waals surface area contributed by atoms with Gasteiger partial charge < -0.3 is 0 Å². The highest BCUT2D eigenvalue weighted by molar-refractivity contribution is 5.53. The molecule has 0 saturated heterocycles. The van der Waals surface area contributed by atoms with Crippen molar-refractivity contribution in [2.45, 2.75) is 13.5 Å². The number of rotatable bonds is 4. The lowest BCUT2D eigenvalue weighted by atomic mass is 10.2. The molecule has 6 heteroatoms. The van der Waals surface area contributed by atoms with Crippen LogP contribution in [-0.2, 0) is 6.54 Å². The molecule has 0 aliphatic rings. The lowest BCUT2D eigenvalue weighted by Gasteiger charge is -2.16. The highest BCUT2D eigenvalue weighted by Crippen LogP contribution is 2.20. The Hall–Kier alpha value is -2.42. The van der Waals surface area contributed by atoms with Crippen molar-refractivity contribution in [1.29, 1.82) is 5.26 Å². The lowest BCUT2D eigenvalue weighted by Crippen LogP contribution is -2.23. The molecular weight excluding hydrogens is 233 g/mol. The molecule has 2 rings (SSSR count). The number of aryl methyl sites for hydroxylation is 1. The molecule has 2 aromatic rings. The van der Waals surface area contributed by atoms with Gasteiger partial charge in [-0.3, -0.25) is 9.58 Å². The number of benzene rings is 1. The average molecular weight is 245 g/mol.